The number of esters is 1. The molecule has 0 spiro atoms. The number of anilines is 1. The second kappa shape index (κ2) is 8.51. The fourth-order valence-corrected chi connectivity index (χ4v) is 5.17. The lowest BCUT2D eigenvalue weighted by molar-refractivity contribution is -0.152. The van der Waals surface area contributed by atoms with E-state index in [1.165, 1.54) is 12.0 Å². The topological polar surface area (TPSA) is 75.7 Å². The molecular formula is C26H30N2O4. The quantitative estimate of drug-likeness (QED) is 0.552. The number of hydrogen-bond acceptors (Lipinski definition) is 5. The van der Waals surface area contributed by atoms with Crippen LogP contribution >= 0.6 is 0 Å². The number of rotatable bonds is 6. The molecule has 32 heavy (non-hydrogen) atoms. The Hall–Kier alpha value is -2.99. The van der Waals surface area contributed by atoms with E-state index in [0.717, 1.165) is 29.5 Å². The molecular weight excluding hydrogens is 404 g/mol. The number of nitrogens with zero attached hydrogens (tertiary/aromatic N) is 1. The summed E-state index contributed by atoms with van der Waals surface area (Å²) in [6, 6.07) is 14.8. The van der Waals surface area contributed by atoms with Gasteiger partial charge in [0.15, 0.2) is 0 Å². The molecule has 4 rings (SSSR count). The van der Waals surface area contributed by atoms with Gasteiger partial charge in [-0.3, -0.25) is 19.7 Å². The molecule has 2 heterocycles. The number of fused-ring (bicyclic) bond motifs is 1. The third-order valence-electron chi connectivity index (χ3n) is 6.86. The maximum Gasteiger partial charge on any atom is 0.326 e. The molecule has 2 aromatic rings. The van der Waals surface area contributed by atoms with E-state index < -0.39 is 29.4 Å². The Balaban J connectivity index is 1.85. The van der Waals surface area contributed by atoms with Crippen LogP contribution in [0.4, 0.5) is 5.69 Å². The number of imide groups is 1. The van der Waals surface area contributed by atoms with Crippen molar-refractivity contribution in [2.24, 2.45) is 11.8 Å². The van der Waals surface area contributed by atoms with Crippen molar-refractivity contribution in [3.05, 3.63) is 65.2 Å². The third kappa shape index (κ3) is 3.43. The molecule has 2 aromatic carbocycles. The van der Waals surface area contributed by atoms with E-state index >= 15 is 0 Å². The Bertz CT molecular complexity index is 1030. The zero-order valence-corrected chi connectivity index (χ0v) is 19.1. The summed E-state index contributed by atoms with van der Waals surface area (Å²) in [5.74, 6) is -2.59. The third-order valence-corrected chi connectivity index (χ3v) is 6.86. The minimum absolute atomic E-state index is 0.274. The molecule has 2 amide bonds. The van der Waals surface area contributed by atoms with E-state index in [9.17, 15) is 14.4 Å². The summed E-state index contributed by atoms with van der Waals surface area (Å²) in [4.78, 5) is 41.9. The normalized spacial score (nSPS) is 27.0. The van der Waals surface area contributed by atoms with E-state index in [1.54, 1.807) is 12.1 Å². The van der Waals surface area contributed by atoms with Gasteiger partial charge in [-0.1, -0.05) is 67.3 Å². The van der Waals surface area contributed by atoms with E-state index in [4.69, 9.17) is 4.74 Å². The monoisotopic (exact) mass is 434 g/mol. The highest BCUT2D eigenvalue weighted by Gasteiger charge is 2.68. The second-order valence-corrected chi connectivity index (χ2v) is 8.95. The molecule has 6 heteroatoms. The van der Waals surface area contributed by atoms with Gasteiger partial charge in [0.25, 0.3) is 0 Å². The van der Waals surface area contributed by atoms with Gasteiger partial charge in [-0.15, -0.1) is 0 Å². The maximum atomic E-state index is 13.8. The van der Waals surface area contributed by atoms with E-state index in [2.05, 4.69) is 5.32 Å². The van der Waals surface area contributed by atoms with Gasteiger partial charge in [-0.2, -0.15) is 0 Å². The molecule has 0 aromatic heterocycles. The van der Waals surface area contributed by atoms with Crippen LogP contribution in [-0.4, -0.2) is 30.4 Å². The molecule has 2 saturated heterocycles. The van der Waals surface area contributed by atoms with Gasteiger partial charge in [0.05, 0.1) is 24.6 Å². The smallest absolute Gasteiger partial charge is 0.326 e. The van der Waals surface area contributed by atoms with Crippen molar-refractivity contribution < 1.29 is 19.1 Å². The lowest BCUT2D eigenvalue weighted by Gasteiger charge is -2.32. The number of ether oxygens (including phenoxy) is 1. The number of hydrogen-bond donors (Lipinski definition) is 1. The van der Waals surface area contributed by atoms with Crippen LogP contribution in [0.5, 0.6) is 0 Å². The summed E-state index contributed by atoms with van der Waals surface area (Å²) in [5.41, 5.74) is 2.33. The number of amides is 2. The maximum absolute atomic E-state index is 13.8. The SMILES string of the molecule is CCCC[C@]1(C(=O)OC)N[C@H](c2ccc(C)cc2)[C@@H]2C(=O)N(c3ccc(C)cc3)C(=O)[C@H]21. The van der Waals surface area contributed by atoms with Crippen LogP contribution in [0, 0.1) is 25.7 Å². The molecule has 0 radical (unpaired) electrons. The molecule has 0 aliphatic carbocycles. The lowest BCUT2D eigenvalue weighted by atomic mass is 9.76. The fourth-order valence-electron chi connectivity index (χ4n) is 5.17. The summed E-state index contributed by atoms with van der Waals surface area (Å²) < 4.78 is 5.20. The number of aryl methyl sites for hydroxylation is 2. The zero-order valence-electron chi connectivity index (χ0n) is 19.1. The van der Waals surface area contributed by atoms with E-state index in [-0.39, 0.29) is 11.8 Å². The van der Waals surface area contributed by atoms with Gasteiger partial charge in [0.1, 0.15) is 5.54 Å². The molecule has 6 nitrogen and oxygen atoms in total. The average Bonchev–Trinajstić information content (AvgIpc) is 3.27. The van der Waals surface area contributed by atoms with Crippen LogP contribution in [0.25, 0.3) is 0 Å². The highest BCUT2D eigenvalue weighted by atomic mass is 16.5. The van der Waals surface area contributed by atoms with Crippen molar-refractivity contribution in [1.82, 2.24) is 5.32 Å². The number of methoxy groups -OCH3 is 1. The standard InChI is InChI=1S/C26H30N2O4/c1-5-6-15-26(25(31)32-4)21-20(22(27-26)18-11-7-16(2)8-12-18)23(29)28(24(21)30)19-13-9-17(3)10-14-19/h7-14,20-22,27H,5-6,15H2,1-4H3/t20-,21+,22-,26+/m1/s1. The average molecular weight is 435 g/mol. The van der Waals surface area contributed by atoms with Gasteiger partial charge in [-0.25, -0.2) is 4.90 Å². The van der Waals surface area contributed by atoms with Gasteiger partial charge in [0, 0.05) is 6.04 Å². The fraction of sp³-hybridized carbons (Fsp3) is 0.423. The van der Waals surface area contributed by atoms with Gasteiger partial charge >= 0.3 is 5.97 Å². The molecule has 0 bridgehead atoms. The molecule has 2 aliphatic heterocycles. The van der Waals surface area contributed by atoms with E-state index in [0.29, 0.717) is 12.1 Å². The summed E-state index contributed by atoms with van der Waals surface area (Å²) in [7, 11) is 1.34. The highest BCUT2D eigenvalue weighted by molar-refractivity contribution is 6.24. The minimum Gasteiger partial charge on any atom is -0.468 e. The molecule has 0 saturated carbocycles. The van der Waals surface area contributed by atoms with Crippen molar-refractivity contribution in [3.63, 3.8) is 0 Å². The lowest BCUT2D eigenvalue weighted by Crippen LogP contribution is -2.56. The first kappa shape index (κ1) is 22.2. The molecule has 4 atom stereocenters. The molecule has 1 N–H and O–H groups in total. The number of nitrogens with one attached hydrogen (secondary N) is 1. The van der Waals surface area contributed by atoms with Gasteiger partial charge < -0.3 is 4.74 Å². The second-order valence-electron chi connectivity index (χ2n) is 8.95. The molecule has 168 valence electrons. The van der Waals surface area contributed by atoms with Crippen molar-refractivity contribution in [3.8, 4) is 0 Å². The number of unbranched alkanes of at least 4 members (excludes halogenated alkanes) is 1. The van der Waals surface area contributed by atoms with Crippen molar-refractivity contribution in [2.45, 2.75) is 51.6 Å². The first-order valence-corrected chi connectivity index (χ1v) is 11.2. The minimum atomic E-state index is -1.24. The summed E-state index contributed by atoms with van der Waals surface area (Å²) in [6.07, 6.45) is 2.02. The van der Waals surface area contributed by atoms with Crippen LogP contribution in [-0.2, 0) is 19.1 Å². The highest BCUT2D eigenvalue weighted by Crippen LogP contribution is 2.51. The largest absolute Gasteiger partial charge is 0.468 e. The number of benzene rings is 2. The van der Waals surface area contributed by atoms with Crippen molar-refractivity contribution in [1.29, 1.82) is 0 Å². The van der Waals surface area contributed by atoms with Crippen molar-refractivity contribution >= 4 is 23.5 Å². The van der Waals surface area contributed by atoms with E-state index in [1.807, 2.05) is 57.2 Å². The summed E-state index contributed by atoms with van der Waals surface area (Å²) >= 11 is 0. The molecule has 2 aliphatic rings. The summed E-state index contributed by atoms with van der Waals surface area (Å²) in [5, 5.41) is 3.43. The predicted octanol–water partition coefficient (Wildman–Crippen LogP) is 3.86. The number of carbonyl (C=O) groups excluding carboxylic acids is 3. The Kier molecular flexibility index (Phi) is 5.91. The van der Waals surface area contributed by atoms with Crippen LogP contribution in [0.3, 0.4) is 0 Å². The van der Waals surface area contributed by atoms with Crippen LogP contribution in [0.1, 0.15) is 48.9 Å². The first-order chi connectivity index (χ1) is 15.3. The Morgan fingerprint density at radius 2 is 1.59 bits per heavy atom. The Labute approximate surface area is 188 Å². The molecule has 0 unspecified atom stereocenters. The van der Waals surface area contributed by atoms with Gasteiger partial charge in [-0.05, 0) is 38.0 Å². The van der Waals surface area contributed by atoms with Crippen LogP contribution < -0.4 is 10.2 Å². The Morgan fingerprint density at radius 1 is 1.00 bits per heavy atom. The Morgan fingerprint density at radius 3 is 2.16 bits per heavy atom. The first-order valence-electron chi connectivity index (χ1n) is 11.2. The zero-order chi connectivity index (χ0) is 23.0. The van der Waals surface area contributed by atoms with Crippen LogP contribution in [0.15, 0.2) is 48.5 Å². The number of carbonyl (C=O) groups is 3. The predicted molar refractivity (Wildman–Crippen MR) is 122 cm³/mol. The molecule has 2 fully saturated rings. The van der Waals surface area contributed by atoms with Gasteiger partial charge in [0.2, 0.25) is 11.8 Å². The van der Waals surface area contributed by atoms with Crippen LogP contribution in [0.2, 0.25) is 0 Å². The summed E-state index contributed by atoms with van der Waals surface area (Å²) in [6.45, 7) is 5.99. The van der Waals surface area contributed by atoms with Crippen molar-refractivity contribution in [2.75, 3.05) is 12.0 Å².